The molecule has 0 spiro atoms. The van der Waals surface area contributed by atoms with Gasteiger partial charge in [-0.15, -0.1) is 10.2 Å². The lowest BCUT2D eigenvalue weighted by Crippen LogP contribution is -2.44. The number of thioether (sulfide) groups is 1. The van der Waals surface area contributed by atoms with E-state index in [-0.39, 0.29) is 18.0 Å². The molecule has 0 saturated carbocycles. The summed E-state index contributed by atoms with van der Waals surface area (Å²) in [5.41, 5.74) is 0.746. The number of carbonyl (C=O) groups excluding carboxylic acids is 1. The third kappa shape index (κ3) is 3.42. The number of fused-ring (bicyclic) bond motifs is 1. The van der Waals surface area contributed by atoms with E-state index in [4.69, 9.17) is 18.6 Å². The highest BCUT2D eigenvalue weighted by atomic mass is 32.2. The van der Waals surface area contributed by atoms with Gasteiger partial charge in [-0.25, -0.2) is 0 Å². The van der Waals surface area contributed by atoms with Crippen molar-refractivity contribution in [3.05, 3.63) is 18.2 Å². The fraction of sp³-hybridized carbons (Fsp3) is 0.438. The average molecular weight is 363 g/mol. The van der Waals surface area contributed by atoms with Gasteiger partial charge < -0.3 is 23.5 Å². The van der Waals surface area contributed by atoms with Crippen LogP contribution in [0, 0.1) is 0 Å². The first-order valence-corrected chi connectivity index (χ1v) is 8.85. The Bertz CT molecular complexity index is 775. The van der Waals surface area contributed by atoms with Gasteiger partial charge in [-0.2, -0.15) is 0 Å². The minimum atomic E-state index is -0.303. The number of carbonyl (C=O) groups is 1. The van der Waals surface area contributed by atoms with Crippen molar-refractivity contribution in [1.82, 2.24) is 15.1 Å². The summed E-state index contributed by atoms with van der Waals surface area (Å²) >= 11 is 1.26. The quantitative estimate of drug-likeness (QED) is 0.760. The Labute approximate surface area is 148 Å². The summed E-state index contributed by atoms with van der Waals surface area (Å²) in [6.07, 6.45) is 0. The molecule has 0 bridgehead atoms. The summed E-state index contributed by atoms with van der Waals surface area (Å²) in [5.74, 6) is 1.78. The van der Waals surface area contributed by atoms with Crippen LogP contribution in [0.25, 0.3) is 11.5 Å². The van der Waals surface area contributed by atoms with Gasteiger partial charge in [0.15, 0.2) is 11.5 Å². The van der Waals surface area contributed by atoms with Crippen LogP contribution in [-0.2, 0) is 9.53 Å². The predicted molar refractivity (Wildman–Crippen MR) is 88.6 cm³/mol. The fourth-order valence-electron chi connectivity index (χ4n) is 2.65. The molecule has 1 aromatic carbocycles. The van der Waals surface area contributed by atoms with Gasteiger partial charge in [-0.1, -0.05) is 11.8 Å². The van der Waals surface area contributed by atoms with Crippen LogP contribution < -0.4 is 9.47 Å². The molecule has 3 heterocycles. The Morgan fingerprint density at radius 2 is 2.00 bits per heavy atom. The van der Waals surface area contributed by atoms with Gasteiger partial charge >= 0.3 is 0 Å². The van der Waals surface area contributed by atoms with Gasteiger partial charge in [-0.05, 0) is 25.1 Å². The number of morpholine rings is 1. The second-order valence-electron chi connectivity index (χ2n) is 5.64. The molecule has 132 valence electrons. The van der Waals surface area contributed by atoms with E-state index in [1.165, 1.54) is 11.8 Å². The standard InChI is InChI=1S/C16H17N3O5S/c1-10(15(20)19-4-6-21-7-5-19)25-16-18-17-14(24-16)11-2-3-12-13(8-11)23-9-22-12/h2-3,8,10H,4-7,9H2,1H3/t10-/m0/s1. The summed E-state index contributed by atoms with van der Waals surface area (Å²) < 4.78 is 21.6. The molecular formula is C16H17N3O5S. The molecule has 9 heteroatoms. The molecule has 2 aliphatic rings. The molecule has 25 heavy (non-hydrogen) atoms. The third-order valence-electron chi connectivity index (χ3n) is 3.97. The van der Waals surface area contributed by atoms with Gasteiger partial charge in [-0.3, -0.25) is 4.79 Å². The van der Waals surface area contributed by atoms with Gasteiger partial charge in [0.2, 0.25) is 18.6 Å². The Morgan fingerprint density at radius 3 is 2.84 bits per heavy atom. The zero-order valence-electron chi connectivity index (χ0n) is 13.6. The summed E-state index contributed by atoms with van der Waals surface area (Å²) in [7, 11) is 0. The maximum atomic E-state index is 12.4. The predicted octanol–water partition coefficient (Wildman–Crippen LogP) is 1.80. The van der Waals surface area contributed by atoms with Crippen molar-refractivity contribution in [2.75, 3.05) is 33.1 Å². The summed E-state index contributed by atoms with van der Waals surface area (Å²) in [4.78, 5) is 14.2. The highest BCUT2D eigenvalue weighted by molar-refractivity contribution is 8.00. The molecule has 4 rings (SSSR count). The molecule has 1 fully saturated rings. The number of amides is 1. The van der Waals surface area contributed by atoms with E-state index in [0.29, 0.717) is 48.9 Å². The first kappa shape index (κ1) is 16.2. The minimum absolute atomic E-state index is 0.0520. The lowest BCUT2D eigenvalue weighted by Gasteiger charge is -2.28. The van der Waals surface area contributed by atoms with Crippen molar-refractivity contribution >= 4 is 17.7 Å². The highest BCUT2D eigenvalue weighted by Gasteiger charge is 2.25. The Balaban J connectivity index is 1.43. The number of hydrogen-bond acceptors (Lipinski definition) is 8. The lowest BCUT2D eigenvalue weighted by molar-refractivity contribution is -0.134. The first-order valence-electron chi connectivity index (χ1n) is 7.97. The molecule has 1 saturated heterocycles. The summed E-state index contributed by atoms with van der Waals surface area (Å²) in [6, 6.07) is 5.43. The molecule has 8 nitrogen and oxygen atoms in total. The maximum Gasteiger partial charge on any atom is 0.277 e. The van der Waals surface area contributed by atoms with E-state index in [1.54, 1.807) is 17.0 Å². The third-order valence-corrected chi connectivity index (χ3v) is 4.90. The van der Waals surface area contributed by atoms with E-state index >= 15 is 0 Å². The van der Waals surface area contributed by atoms with Gasteiger partial charge in [0.1, 0.15) is 0 Å². The van der Waals surface area contributed by atoms with Crippen LogP contribution in [0.2, 0.25) is 0 Å². The zero-order valence-corrected chi connectivity index (χ0v) is 14.5. The number of nitrogens with zero attached hydrogens (tertiary/aromatic N) is 3. The number of aromatic nitrogens is 2. The van der Waals surface area contributed by atoms with Crippen LogP contribution in [0.1, 0.15) is 6.92 Å². The smallest absolute Gasteiger partial charge is 0.277 e. The van der Waals surface area contributed by atoms with E-state index in [0.717, 1.165) is 5.56 Å². The van der Waals surface area contributed by atoms with Crippen molar-refractivity contribution in [1.29, 1.82) is 0 Å². The average Bonchev–Trinajstić information content (AvgIpc) is 3.30. The molecular weight excluding hydrogens is 346 g/mol. The Hall–Kier alpha value is -2.26. The molecule has 1 atom stereocenters. The van der Waals surface area contributed by atoms with Gasteiger partial charge in [0, 0.05) is 18.7 Å². The van der Waals surface area contributed by atoms with Gasteiger partial charge in [0.25, 0.3) is 5.22 Å². The maximum absolute atomic E-state index is 12.4. The van der Waals surface area contributed by atoms with Crippen LogP contribution in [-0.4, -0.2) is 59.4 Å². The molecule has 1 aromatic heterocycles. The SMILES string of the molecule is C[C@H](Sc1nnc(-c2ccc3c(c2)OCO3)o1)C(=O)N1CCOCC1. The number of benzene rings is 1. The van der Waals surface area contributed by atoms with Crippen LogP contribution in [0.5, 0.6) is 11.5 Å². The number of rotatable bonds is 4. The monoisotopic (exact) mass is 363 g/mol. The summed E-state index contributed by atoms with van der Waals surface area (Å²) in [6.45, 7) is 4.46. The Kier molecular flexibility index (Phi) is 4.50. The number of hydrogen-bond donors (Lipinski definition) is 0. The van der Waals surface area contributed by atoms with Crippen LogP contribution in [0.3, 0.4) is 0 Å². The number of ether oxygens (including phenoxy) is 3. The van der Waals surface area contributed by atoms with Crippen molar-refractivity contribution in [3.8, 4) is 23.0 Å². The summed E-state index contributed by atoms with van der Waals surface area (Å²) in [5, 5.41) is 8.15. The molecule has 0 aliphatic carbocycles. The van der Waals surface area contributed by atoms with Crippen molar-refractivity contribution in [2.24, 2.45) is 0 Å². The van der Waals surface area contributed by atoms with E-state index < -0.39 is 0 Å². The molecule has 2 aromatic rings. The minimum Gasteiger partial charge on any atom is -0.454 e. The van der Waals surface area contributed by atoms with Crippen LogP contribution >= 0.6 is 11.8 Å². The van der Waals surface area contributed by atoms with E-state index in [1.807, 2.05) is 13.0 Å². The fourth-order valence-corrected chi connectivity index (χ4v) is 3.41. The second kappa shape index (κ2) is 6.93. The van der Waals surface area contributed by atoms with Crippen LogP contribution in [0.4, 0.5) is 0 Å². The van der Waals surface area contributed by atoms with Crippen molar-refractivity contribution in [3.63, 3.8) is 0 Å². The Morgan fingerprint density at radius 1 is 1.20 bits per heavy atom. The molecule has 1 amide bonds. The molecule has 0 N–H and O–H groups in total. The topological polar surface area (TPSA) is 86.9 Å². The lowest BCUT2D eigenvalue weighted by atomic mass is 10.2. The zero-order chi connectivity index (χ0) is 17.2. The molecule has 2 aliphatic heterocycles. The van der Waals surface area contributed by atoms with Gasteiger partial charge in [0.05, 0.1) is 18.5 Å². The van der Waals surface area contributed by atoms with E-state index in [2.05, 4.69) is 10.2 Å². The van der Waals surface area contributed by atoms with Crippen molar-refractivity contribution in [2.45, 2.75) is 17.4 Å². The van der Waals surface area contributed by atoms with Crippen LogP contribution in [0.15, 0.2) is 27.8 Å². The molecule has 0 unspecified atom stereocenters. The van der Waals surface area contributed by atoms with Crippen molar-refractivity contribution < 1.29 is 23.4 Å². The second-order valence-corrected chi connectivity index (χ2v) is 6.93. The molecule has 0 radical (unpaired) electrons. The normalized spacial score (nSPS) is 17.6. The van der Waals surface area contributed by atoms with E-state index in [9.17, 15) is 4.79 Å². The largest absolute Gasteiger partial charge is 0.454 e. The highest BCUT2D eigenvalue weighted by Crippen LogP contribution is 2.36. The first-order chi connectivity index (χ1) is 12.2.